The van der Waals surface area contributed by atoms with Gasteiger partial charge < -0.3 is 24.8 Å². The molecule has 2 aliphatic rings. The van der Waals surface area contributed by atoms with Crippen LogP contribution in [-0.2, 0) is 30.7 Å². The molecular formula is C25H26Cl2Zr-2. The Morgan fingerprint density at radius 1 is 0.821 bits per heavy atom. The molecule has 0 heterocycles. The van der Waals surface area contributed by atoms with Crippen LogP contribution in [0, 0.1) is 13.0 Å². The SMILES string of the molecule is C[c-]1cccc1.[Cl-].[Cl-].[Zr+2]=[C]1CCCCC1.[c-]1cccc2c1Cc1ccccc1-2. The van der Waals surface area contributed by atoms with Crippen molar-refractivity contribution in [3.05, 3.63) is 89.5 Å². The molecule has 0 bridgehead atoms. The van der Waals surface area contributed by atoms with E-state index in [1.807, 2.05) is 18.2 Å². The Morgan fingerprint density at radius 3 is 2.04 bits per heavy atom. The molecule has 0 radical (unpaired) electrons. The molecule has 28 heavy (non-hydrogen) atoms. The largest absolute Gasteiger partial charge is 0.179 e. The van der Waals surface area contributed by atoms with Gasteiger partial charge >= 0.3 is 59.5 Å². The fourth-order valence-corrected chi connectivity index (χ4v) is 4.32. The molecule has 0 aromatic heterocycles. The summed E-state index contributed by atoms with van der Waals surface area (Å²) in [6.07, 6.45) is 8.36. The van der Waals surface area contributed by atoms with Gasteiger partial charge in [0.2, 0.25) is 0 Å². The fourth-order valence-electron chi connectivity index (χ4n) is 3.45. The van der Waals surface area contributed by atoms with Crippen LogP contribution in [0.5, 0.6) is 0 Å². The van der Waals surface area contributed by atoms with E-state index < -0.39 is 0 Å². The van der Waals surface area contributed by atoms with Crippen molar-refractivity contribution in [1.29, 1.82) is 0 Å². The second kappa shape index (κ2) is 13.4. The van der Waals surface area contributed by atoms with Crippen LogP contribution in [0.25, 0.3) is 11.1 Å². The van der Waals surface area contributed by atoms with Gasteiger partial charge in [-0.25, -0.2) is 12.1 Å². The van der Waals surface area contributed by atoms with E-state index >= 15 is 0 Å². The Kier molecular flexibility index (Phi) is 12.0. The van der Waals surface area contributed by atoms with E-state index in [4.69, 9.17) is 0 Å². The first-order valence-electron chi connectivity index (χ1n) is 9.56. The van der Waals surface area contributed by atoms with E-state index in [1.54, 1.807) is 27.4 Å². The van der Waals surface area contributed by atoms with Gasteiger partial charge in [0.15, 0.2) is 0 Å². The van der Waals surface area contributed by atoms with Crippen LogP contribution >= 0.6 is 0 Å². The van der Waals surface area contributed by atoms with Crippen LogP contribution in [0.2, 0.25) is 0 Å². The third-order valence-electron chi connectivity index (χ3n) is 4.90. The number of halogens is 2. The number of hydrogen-bond donors (Lipinski definition) is 0. The molecule has 0 atom stereocenters. The molecule has 0 amide bonds. The Labute approximate surface area is 197 Å². The van der Waals surface area contributed by atoms with Gasteiger partial charge in [-0.05, 0) is 6.42 Å². The number of rotatable bonds is 0. The zero-order chi connectivity index (χ0) is 18.2. The molecule has 0 saturated heterocycles. The van der Waals surface area contributed by atoms with Gasteiger partial charge in [-0.2, -0.15) is 47.5 Å². The Balaban J connectivity index is 0.000000225. The number of fused-ring (bicyclic) bond motifs is 3. The molecule has 3 aromatic carbocycles. The van der Waals surface area contributed by atoms with Gasteiger partial charge in [0, 0.05) is 0 Å². The molecule has 2 aliphatic carbocycles. The second-order valence-corrected chi connectivity index (χ2v) is 8.76. The summed E-state index contributed by atoms with van der Waals surface area (Å²) in [5, 5.41) is 0. The van der Waals surface area contributed by atoms with Crippen LogP contribution in [-0.4, -0.2) is 3.21 Å². The molecular weight excluding hydrogens is 462 g/mol. The maximum absolute atomic E-state index is 3.30. The van der Waals surface area contributed by atoms with Crippen molar-refractivity contribution < 1.29 is 49.0 Å². The maximum Gasteiger partial charge on any atom is -0.0253 e. The summed E-state index contributed by atoms with van der Waals surface area (Å²) in [5.74, 6) is 0. The minimum Gasteiger partial charge on any atom is -0.179 e. The van der Waals surface area contributed by atoms with E-state index in [-0.39, 0.29) is 24.8 Å². The summed E-state index contributed by atoms with van der Waals surface area (Å²) in [6.45, 7) is 2.08. The van der Waals surface area contributed by atoms with Gasteiger partial charge in [0.05, 0.1) is 0 Å². The van der Waals surface area contributed by atoms with Crippen LogP contribution in [0.4, 0.5) is 0 Å². The standard InChI is InChI=1S/C13H9.C6H7.C6H10.2ClH.Zr/c1-3-7-12-10(5-1)9-11-6-2-4-8-13(11)12;1-6-4-2-3-5-6;1-2-4-6-5-3-1;;;/h1-5,7-8H,9H2;2-5H,1H3;1-5H2;2*1H;/q2*-1;;;;+2/p-2. The number of benzene rings is 2. The molecule has 3 heteroatoms. The first kappa shape index (κ1) is 25.2. The first-order chi connectivity index (χ1) is 12.7. The Bertz CT molecular complexity index is 786. The van der Waals surface area contributed by atoms with Crippen LogP contribution in [0.1, 0.15) is 48.8 Å². The molecule has 1 fully saturated rings. The van der Waals surface area contributed by atoms with Gasteiger partial charge in [-0.1, -0.05) is 42.3 Å². The van der Waals surface area contributed by atoms with Crippen molar-refractivity contribution in [1.82, 2.24) is 0 Å². The van der Waals surface area contributed by atoms with Gasteiger partial charge in [0.1, 0.15) is 0 Å². The number of hydrogen-bond acceptors (Lipinski definition) is 0. The minimum absolute atomic E-state index is 0. The van der Waals surface area contributed by atoms with E-state index in [1.165, 1.54) is 59.9 Å². The monoisotopic (exact) mass is 486 g/mol. The van der Waals surface area contributed by atoms with E-state index in [0.29, 0.717) is 0 Å². The molecule has 3 aromatic rings. The van der Waals surface area contributed by atoms with Crippen LogP contribution in [0.15, 0.2) is 66.7 Å². The average molecular weight is 489 g/mol. The third kappa shape index (κ3) is 7.51. The smallest absolute Gasteiger partial charge is 0.0253 e. The molecule has 146 valence electrons. The van der Waals surface area contributed by atoms with Gasteiger partial charge in [-0.15, -0.1) is 5.56 Å². The van der Waals surface area contributed by atoms with Crippen molar-refractivity contribution in [2.24, 2.45) is 0 Å². The molecule has 1 saturated carbocycles. The summed E-state index contributed by atoms with van der Waals surface area (Å²) in [4.78, 5) is 0. The normalized spacial score (nSPS) is 13.3. The quantitative estimate of drug-likeness (QED) is 0.316. The van der Waals surface area contributed by atoms with Crippen molar-refractivity contribution >= 4 is 3.21 Å². The fraction of sp³-hybridized carbons (Fsp3) is 0.280. The summed E-state index contributed by atoms with van der Waals surface area (Å²) in [5.41, 5.74) is 6.85. The first-order valence-corrected chi connectivity index (χ1v) is 10.8. The Hall–Kier alpha value is -0.877. The predicted molar refractivity (Wildman–Crippen MR) is 108 cm³/mol. The van der Waals surface area contributed by atoms with Crippen molar-refractivity contribution in [2.45, 2.75) is 45.4 Å². The van der Waals surface area contributed by atoms with E-state index in [2.05, 4.69) is 61.5 Å². The second-order valence-electron chi connectivity index (χ2n) is 7.02. The van der Waals surface area contributed by atoms with Crippen molar-refractivity contribution in [3.8, 4) is 11.1 Å². The number of aryl methyl sites for hydroxylation is 1. The predicted octanol–water partition coefficient (Wildman–Crippen LogP) is 0.450. The third-order valence-corrected chi connectivity index (χ3v) is 6.13. The topological polar surface area (TPSA) is 0 Å². The summed E-state index contributed by atoms with van der Waals surface area (Å²) < 4.78 is 1.80. The van der Waals surface area contributed by atoms with Crippen LogP contribution < -0.4 is 24.8 Å². The van der Waals surface area contributed by atoms with Crippen molar-refractivity contribution in [2.75, 3.05) is 0 Å². The van der Waals surface area contributed by atoms with E-state index in [9.17, 15) is 0 Å². The van der Waals surface area contributed by atoms with Gasteiger partial charge in [-0.3, -0.25) is 0 Å². The molecule has 0 aliphatic heterocycles. The van der Waals surface area contributed by atoms with Gasteiger partial charge in [0.25, 0.3) is 0 Å². The zero-order valence-electron chi connectivity index (χ0n) is 16.3. The Morgan fingerprint density at radius 2 is 1.46 bits per heavy atom. The van der Waals surface area contributed by atoms with Crippen molar-refractivity contribution in [3.63, 3.8) is 0 Å². The average Bonchev–Trinajstić information content (AvgIpc) is 3.30. The summed E-state index contributed by atoms with van der Waals surface area (Å²) in [7, 11) is 0. The molecule has 5 rings (SSSR count). The molecule has 0 nitrogen and oxygen atoms in total. The summed E-state index contributed by atoms with van der Waals surface area (Å²) in [6, 6.07) is 26.3. The van der Waals surface area contributed by atoms with Crippen LogP contribution in [0.3, 0.4) is 0 Å². The summed E-state index contributed by atoms with van der Waals surface area (Å²) >= 11 is 1.69. The van der Waals surface area contributed by atoms with E-state index in [0.717, 1.165) is 6.42 Å². The molecule has 0 N–H and O–H groups in total. The minimum atomic E-state index is 0. The zero-order valence-corrected chi connectivity index (χ0v) is 20.3. The molecule has 0 spiro atoms. The maximum atomic E-state index is 3.30. The molecule has 0 unspecified atom stereocenters.